The molecule has 0 unspecified atom stereocenters. The number of amides is 1. The lowest BCUT2D eigenvalue weighted by Gasteiger charge is -2.35. The van der Waals surface area contributed by atoms with Gasteiger partial charge in [0.05, 0.1) is 6.42 Å². The molecule has 0 aromatic carbocycles. The van der Waals surface area contributed by atoms with Gasteiger partial charge in [-0.05, 0) is 24.7 Å². The van der Waals surface area contributed by atoms with Crippen molar-refractivity contribution in [1.29, 1.82) is 0 Å². The Morgan fingerprint density at radius 1 is 1.21 bits per heavy atom. The smallest absolute Gasteiger partial charge is 0.303 e. The van der Waals surface area contributed by atoms with Gasteiger partial charge in [0.2, 0.25) is 5.91 Å². The number of carbonyl (C=O) groups is 2. The van der Waals surface area contributed by atoms with E-state index in [1.165, 1.54) is 0 Å². The van der Waals surface area contributed by atoms with Gasteiger partial charge in [-0.1, -0.05) is 19.3 Å². The molecule has 0 atom stereocenters. The maximum atomic E-state index is 11.9. The summed E-state index contributed by atoms with van der Waals surface area (Å²) < 4.78 is 0. The van der Waals surface area contributed by atoms with Gasteiger partial charge in [0.25, 0.3) is 0 Å². The average Bonchev–Trinajstić information content (AvgIpc) is 2.34. The average molecular weight is 265 g/mol. The number of carboxylic acid groups (broad SMARTS) is 1. The number of rotatable bonds is 7. The standard InChI is InChI=1S/C15H23NO3/c1-2-3-7-10-16-13(17)11-15(12-14(18)19)8-5-4-6-9-15/h1H,3-12H2,(H,16,17)(H,18,19). The van der Waals surface area contributed by atoms with Crippen molar-refractivity contribution in [3.8, 4) is 12.3 Å². The van der Waals surface area contributed by atoms with Crippen LogP contribution in [0.25, 0.3) is 0 Å². The highest BCUT2D eigenvalue weighted by Crippen LogP contribution is 2.42. The number of hydrogen-bond acceptors (Lipinski definition) is 2. The van der Waals surface area contributed by atoms with Gasteiger partial charge in [-0.3, -0.25) is 9.59 Å². The Labute approximate surface area is 115 Å². The molecule has 0 bridgehead atoms. The molecular formula is C15H23NO3. The van der Waals surface area contributed by atoms with Crippen molar-refractivity contribution in [3.63, 3.8) is 0 Å². The molecule has 1 saturated carbocycles. The molecule has 0 aromatic heterocycles. The van der Waals surface area contributed by atoms with E-state index >= 15 is 0 Å². The molecule has 0 radical (unpaired) electrons. The Balaban J connectivity index is 2.45. The summed E-state index contributed by atoms with van der Waals surface area (Å²) >= 11 is 0. The Bertz CT molecular complexity index is 351. The van der Waals surface area contributed by atoms with Gasteiger partial charge in [-0.25, -0.2) is 0 Å². The molecule has 0 spiro atoms. The van der Waals surface area contributed by atoms with E-state index in [2.05, 4.69) is 11.2 Å². The normalized spacial score (nSPS) is 17.4. The number of carbonyl (C=O) groups excluding carboxylic acids is 1. The van der Waals surface area contributed by atoms with Crippen LogP contribution in [0, 0.1) is 17.8 Å². The van der Waals surface area contributed by atoms with Crippen LogP contribution in [-0.4, -0.2) is 23.5 Å². The van der Waals surface area contributed by atoms with Crippen LogP contribution in [0.5, 0.6) is 0 Å². The van der Waals surface area contributed by atoms with E-state index in [1.54, 1.807) is 0 Å². The van der Waals surface area contributed by atoms with E-state index in [0.717, 1.165) is 38.5 Å². The van der Waals surface area contributed by atoms with Crippen molar-refractivity contribution in [2.24, 2.45) is 5.41 Å². The minimum absolute atomic E-state index is 0.0415. The van der Waals surface area contributed by atoms with Gasteiger partial charge in [-0.15, -0.1) is 12.3 Å². The van der Waals surface area contributed by atoms with Crippen molar-refractivity contribution in [2.45, 2.75) is 57.8 Å². The maximum Gasteiger partial charge on any atom is 0.303 e. The lowest BCUT2D eigenvalue weighted by atomic mass is 9.69. The molecule has 1 fully saturated rings. The number of unbranched alkanes of at least 4 members (excludes halogenated alkanes) is 1. The summed E-state index contributed by atoms with van der Waals surface area (Å²) in [6.45, 7) is 0.576. The molecule has 19 heavy (non-hydrogen) atoms. The maximum absolute atomic E-state index is 11.9. The topological polar surface area (TPSA) is 66.4 Å². The van der Waals surface area contributed by atoms with Gasteiger partial charge >= 0.3 is 5.97 Å². The number of aliphatic carboxylic acids is 1. The van der Waals surface area contributed by atoms with Crippen LogP contribution >= 0.6 is 0 Å². The fourth-order valence-electron chi connectivity index (χ4n) is 2.86. The summed E-state index contributed by atoms with van der Waals surface area (Å²) in [6, 6.07) is 0. The van der Waals surface area contributed by atoms with Crippen LogP contribution in [0.1, 0.15) is 57.8 Å². The van der Waals surface area contributed by atoms with Gasteiger partial charge in [0.15, 0.2) is 0 Å². The van der Waals surface area contributed by atoms with Gasteiger partial charge in [-0.2, -0.15) is 0 Å². The molecule has 4 heteroatoms. The first kappa shape index (κ1) is 15.6. The second-order valence-corrected chi connectivity index (χ2v) is 5.47. The largest absolute Gasteiger partial charge is 0.481 e. The van der Waals surface area contributed by atoms with Crippen molar-refractivity contribution in [2.75, 3.05) is 6.54 Å². The highest BCUT2D eigenvalue weighted by Gasteiger charge is 2.36. The summed E-state index contributed by atoms with van der Waals surface area (Å²) in [4.78, 5) is 22.9. The van der Waals surface area contributed by atoms with E-state index in [1.807, 2.05) is 0 Å². The van der Waals surface area contributed by atoms with Gasteiger partial charge in [0.1, 0.15) is 0 Å². The minimum Gasteiger partial charge on any atom is -0.481 e. The molecule has 0 saturated heterocycles. The third-order valence-corrected chi connectivity index (χ3v) is 3.80. The van der Waals surface area contributed by atoms with Crippen molar-refractivity contribution in [1.82, 2.24) is 5.32 Å². The lowest BCUT2D eigenvalue weighted by Crippen LogP contribution is -2.35. The Kier molecular flexibility index (Phi) is 6.41. The SMILES string of the molecule is C#CCCCNC(=O)CC1(CC(=O)O)CCCCC1. The first-order chi connectivity index (χ1) is 9.08. The molecular weight excluding hydrogens is 242 g/mol. The van der Waals surface area contributed by atoms with E-state index in [-0.39, 0.29) is 17.7 Å². The molecule has 1 amide bonds. The second-order valence-electron chi connectivity index (χ2n) is 5.47. The van der Waals surface area contributed by atoms with E-state index in [9.17, 15) is 9.59 Å². The molecule has 1 aliphatic carbocycles. The third kappa shape index (κ3) is 5.78. The molecule has 4 nitrogen and oxygen atoms in total. The second kappa shape index (κ2) is 7.83. The van der Waals surface area contributed by atoms with Crippen LogP contribution in [0.2, 0.25) is 0 Å². The zero-order valence-electron chi connectivity index (χ0n) is 11.4. The molecule has 1 aliphatic rings. The van der Waals surface area contributed by atoms with Crippen LogP contribution in [0.4, 0.5) is 0 Å². The first-order valence-electron chi connectivity index (χ1n) is 7.00. The van der Waals surface area contributed by atoms with E-state index in [0.29, 0.717) is 19.4 Å². The predicted molar refractivity (Wildman–Crippen MR) is 73.5 cm³/mol. The quantitative estimate of drug-likeness (QED) is 0.548. The molecule has 1 rings (SSSR count). The van der Waals surface area contributed by atoms with Crippen molar-refractivity contribution < 1.29 is 14.7 Å². The van der Waals surface area contributed by atoms with Crippen molar-refractivity contribution >= 4 is 11.9 Å². The minimum atomic E-state index is -0.804. The summed E-state index contributed by atoms with van der Waals surface area (Å²) in [5, 5.41) is 11.9. The molecule has 0 aliphatic heterocycles. The zero-order valence-corrected chi connectivity index (χ0v) is 11.4. The predicted octanol–water partition coefficient (Wildman–Crippen LogP) is 2.33. The van der Waals surface area contributed by atoms with Gasteiger partial charge in [0, 0.05) is 19.4 Å². The Morgan fingerprint density at radius 3 is 2.47 bits per heavy atom. The summed E-state index contributed by atoms with van der Waals surface area (Å²) in [6.07, 6.45) is 11.9. The van der Waals surface area contributed by atoms with Gasteiger partial charge < -0.3 is 10.4 Å². The number of carboxylic acids is 1. The number of terminal acetylenes is 1. The molecule has 106 valence electrons. The Morgan fingerprint density at radius 2 is 1.89 bits per heavy atom. The van der Waals surface area contributed by atoms with Crippen LogP contribution in [0.15, 0.2) is 0 Å². The molecule has 0 heterocycles. The highest BCUT2D eigenvalue weighted by molar-refractivity contribution is 5.78. The molecule has 0 aromatic rings. The van der Waals surface area contributed by atoms with Crippen LogP contribution in [-0.2, 0) is 9.59 Å². The number of hydrogen-bond donors (Lipinski definition) is 2. The number of nitrogens with one attached hydrogen (secondary N) is 1. The monoisotopic (exact) mass is 265 g/mol. The van der Waals surface area contributed by atoms with Crippen LogP contribution in [0.3, 0.4) is 0 Å². The zero-order chi connectivity index (χ0) is 14.1. The Hall–Kier alpha value is -1.50. The van der Waals surface area contributed by atoms with Crippen molar-refractivity contribution in [3.05, 3.63) is 0 Å². The summed E-state index contributed by atoms with van der Waals surface area (Å²) in [5.74, 6) is 1.68. The third-order valence-electron chi connectivity index (χ3n) is 3.80. The fourth-order valence-corrected chi connectivity index (χ4v) is 2.86. The fraction of sp³-hybridized carbons (Fsp3) is 0.733. The summed E-state index contributed by atoms with van der Waals surface area (Å²) in [5.41, 5.74) is -0.333. The van der Waals surface area contributed by atoms with E-state index < -0.39 is 5.97 Å². The molecule has 2 N–H and O–H groups in total. The summed E-state index contributed by atoms with van der Waals surface area (Å²) in [7, 11) is 0. The highest BCUT2D eigenvalue weighted by atomic mass is 16.4. The lowest BCUT2D eigenvalue weighted by molar-refractivity contribution is -0.141. The first-order valence-corrected chi connectivity index (χ1v) is 7.00. The van der Waals surface area contributed by atoms with E-state index in [4.69, 9.17) is 11.5 Å². The van der Waals surface area contributed by atoms with Crippen LogP contribution < -0.4 is 5.32 Å².